The monoisotopic (exact) mass is 277 g/mol. The number of hydrogen-bond acceptors (Lipinski definition) is 3. The molecule has 0 N–H and O–H groups in total. The lowest BCUT2D eigenvalue weighted by atomic mass is 10.0. The molecule has 4 nitrogen and oxygen atoms in total. The largest absolute Gasteiger partial charge is 0.378 e. The van der Waals surface area contributed by atoms with Gasteiger partial charge in [0, 0.05) is 24.6 Å². The van der Waals surface area contributed by atoms with Crippen molar-refractivity contribution in [2.45, 2.75) is 26.0 Å². The summed E-state index contributed by atoms with van der Waals surface area (Å²) in [6, 6.07) is 10.0. The van der Waals surface area contributed by atoms with Crippen molar-refractivity contribution in [3.63, 3.8) is 0 Å². The third-order valence-electron chi connectivity index (χ3n) is 3.69. The lowest BCUT2D eigenvalue weighted by molar-refractivity contribution is 0.102. The van der Waals surface area contributed by atoms with Gasteiger partial charge in [-0.3, -0.25) is 4.57 Å². The number of nitrogens with zero attached hydrogens (tertiary/aromatic N) is 3. The van der Waals surface area contributed by atoms with Crippen molar-refractivity contribution in [1.29, 1.82) is 0 Å². The summed E-state index contributed by atoms with van der Waals surface area (Å²) in [5.74, 6) is 1.29. The molecule has 2 aromatic rings. The summed E-state index contributed by atoms with van der Waals surface area (Å²) in [6.45, 7) is 3.74. The Balaban J connectivity index is 1.91. The van der Waals surface area contributed by atoms with Crippen LogP contribution in [-0.4, -0.2) is 27.5 Å². The van der Waals surface area contributed by atoms with E-state index < -0.39 is 0 Å². The van der Waals surface area contributed by atoms with Crippen LogP contribution in [0, 0.1) is 5.92 Å². The molecule has 100 valence electrons. The van der Waals surface area contributed by atoms with E-state index in [0.717, 1.165) is 31.0 Å². The second-order valence-corrected chi connectivity index (χ2v) is 5.23. The minimum absolute atomic E-state index is 0.266. The van der Waals surface area contributed by atoms with Crippen molar-refractivity contribution in [3.05, 3.63) is 35.6 Å². The van der Waals surface area contributed by atoms with Crippen LogP contribution in [0.25, 0.3) is 11.4 Å². The van der Waals surface area contributed by atoms with E-state index in [1.165, 1.54) is 0 Å². The van der Waals surface area contributed by atoms with Gasteiger partial charge in [0.15, 0.2) is 5.82 Å². The van der Waals surface area contributed by atoms with Crippen molar-refractivity contribution in [1.82, 2.24) is 14.8 Å². The van der Waals surface area contributed by atoms with E-state index in [4.69, 9.17) is 16.3 Å². The fraction of sp³-hybridized carbons (Fsp3) is 0.429. The Morgan fingerprint density at radius 3 is 2.79 bits per heavy atom. The molecule has 3 rings (SSSR count). The van der Waals surface area contributed by atoms with Gasteiger partial charge in [-0.15, -0.1) is 10.2 Å². The van der Waals surface area contributed by atoms with Crippen molar-refractivity contribution in [3.8, 4) is 11.4 Å². The maximum Gasteiger partial charge on any atom is 0.225 e. The van der Waals surface area contributed by atoms with Crippen LogP contribution in [0.15, 0.2) is 30.3 Å². The molecule has 0 aliphatic carbocycles. The first-order chi connectivity index (χ1) is 9.25. The molecule has 5 heteroatoms. The van der Waals surface area contributed by atoms with E-state index in [-0.39, 0.29) is 6.10 Å². The molecule has 1 aromatic heterocycles. The number of rotatable bonds is 3. The summed E-state index contributed by atoms with van der Waals surface area (Å²) in [6.07, 6.45) is 1.33. The number of ether oxygens (including phenoxy) is 1. The zero-order valence-electron chi connectivity index (χ0n) is 10.8. The Kier molecular flexibility index (Phi) is 3.53. The highest BCUT2D eigenvalue weighted by molar-refractivity contribution is 6.28. The lowest BCUT2D eigenvalue weighted by Crippen LogP contribution is -2.18. The molecule has 0 bridgehead atoms. The van der Waals surface area contributed by atoms with Crippen LogP contribution in [0.3, 0.4) is 0 Å². The van der Waals surface area contributed by atoms with Gasteiger partial charge >= 0.3 is 0 Å². The highest BCUT2D eigenvalue weighted by Gasteiger charge is 2.26. The quantitative estimate of drug-likeness (QED) is 0.866. The normalized spacial score (nSPS) is 22.8. The van der Waals surface area contributed by atoms with Gasteiger partial charge in [0.1, 0.15) is 0 Å². The fourth-order valence-electron chi connectivity index (χ4n) is 2.50. The van der Waals surface area contributed by atoms with E-state index in [0.29, 0.717) is 11.2 Å². The lowest BCUT2D eigenvalue weighted by Gasteiger charge is -2.16. The van der Waals surface area contributed by atoms with Crippen LogP contribution in [0.5, 0.6) is 0 Å². The molecule has 0 radical (unpaired) electrons. The Labute approximate surface area is 117 Å². The van der Waals surface area contributed by atoms with E-state index >= 15 is 0 Å². The molecule has 0 amide bonds. The molecule has 1 fully saturated rings. The van der Waals surface area contributed by atoms with E-state index in [2.05, 4.69) is 17.1 Å². The third-order valence-corrected chi connectivity index (χ3v) is 3.97. The van der Waals surface area contributed by atoms with Gasteiger partial charge in [0.2, 0.25) is 5.28 Å². The van der Waals surface area contributed by atoms with Gasteiger partial charge in [-0.25, -0.2) is 0 Å². The van der Waals surface area contributed by atoms with Crippen LogP contribution in [0.1, 0.15) is 13.3 Å². The molecule has 1 aromatic carbocycles. The van der Waals surface area contributed by atoms with Gasteiger partial charge in [-0.05, 0) is 24.9 Å². The van der Waals surface area contributed by atoms with Gasteiger partial charge in [-0.1, -0.05) is 30.3 Å². The minimum atomic E-state index is 0.266. The molecule has 1 saturated heterocycles. The molecule has 1 aliphatic rings. The van der Waals surface area contributed by atoms with E-state index in [1.807, 2.05) is 34.9 Å². The summed E-state index contributed by atoms with van der Waals surface area (Å²) < 4.78 is 7.58. The standard InChI is InChI=1S/C14H16ClN3O/c1-10-12(7-8-19-10)9-18-13(16-17-14(18)15)11-5-3-2-4-6-11/h2-6,10,12H,7-9H2,1H3. The summed E-state index contributed by atoms with van der Waals surface area (Å²) in [4.78, 5) is 0. The van der Waals surface area contributed by atoms with Crippen LogP contribution in [-0.2, 0) is 11.3 Å². The average molecular weight is 278 g/mol. The van der Waals surface area contributed by atoms with Crippen LogP contribution < -0.4 is 0 Å². The number of halogens is 1. The van der Waals surface area contributed by atoms with Crippen molar-refractivity contribution < 1.29 is 4.74 Å². The van der Waals surface area contributed by atoms with E-state index in [1.54, 1.807) is 0 Å². The predicted molar refractivity (Wildman–Crippen MR) is 74.0 cm³/mol. The molecule has 0 spiro atoms. The Morgan fingerprint density at radius 2 is 2.11 bits per heavy atom. The number of benzene rings is 1. The Morgan fingerprint density at radius 1 is 1.32 bits per heavy atom. The van der Waals surface area contributed by atoms with Crippen LogP contribution in [0.4, 0.5) is 0 Å². The van der Waals surface area contributed by atoms with Gasteiger partial charge in [0.05, 0.1) is 6.10 Å². The van der Waals surface area contributed by atoms with Gasteiger partial charge in [-0.2, -0.15) is 0 Å². The van der Waals surface area contributed by atoms with Crippen LogP contribution in [0.2, 0.25) is 5.28 Å². The zero-order chi connectivity index (χ0) is 13.2. The fourth-order valence-corrected chi connectivity index (χ4v) is 2.68. The summed E-state index contributed by atoms with van der Waals surface area (Å²) >= 11 is 6.17. The minimum Gasteiger partial charge on any atom is -0.378 e. The smallest absolute Gasteiger partial charge is 0.225 e. The topological polar surface area (TPSA) is 39.9 Å². The third kappa shape index (κ3) is 2.51. The van der Waals surface area contributed by atoms with Crippen molar-refractivity contribution >= 4 is 11.6 Å². The summed E-state index contributed by atoms with van der Waals surface area (Å²) in [5, 5.41) is 8.63. The molecular formula is C14H16ClN3O. The first-order valence-corrected chi connectivity index (χ1v) is 6.89. The number of aromatic nitrogens is 3. The summed E-state index contributed by atoms with van der Waals surface area (Å²) in [7, 11) is 0. The Bertz CT molecular complexity index is 555. The molecule has 2 unspecified atom stereocenters. The van der Waals surface area contributed by atoms with Crippen molar-refractivity contribution in [2.75, 3.05) is 6.61 Å². The second kappa shape index (κ2) is 5.31. The highest BCUT2D eigenvalue weighted by atomic mass is 35.5. The highest BCUT2D eigenvalue weighted by Crippen LogP contribution is 2.27. The molecule has 1 aliphatic heterocycles. The molecule has 0 saturated carbocycles. The SMILES string of the molecule is CC1OCCC1Cn1c(Cl)nnc1-c1ccccc1. The average Bonchev–Trinajstić information content (AvgIpc) is 2.99. The zero-order valence-corrected chi connectivity index (χ0v) is 11.5. The first-order valence-electron chi connectivity index (χ1n) is 6.51. The summed E-state index contributed by atoms with van der Waals surface area (Å²) in [5.41, 5.74) is 1.04. The van der Waals surface area contributed by atoms with E-state index in [9.17, 15) is 0 Å². The molecule has 2 atom stereocenters. The molecule has 19 heavy (non-hydrogen) atoms. The maximum atomic E-state index is 6.17. The first kappa shape index (κ1) is 12.6. The second-order valence-electron chi connectivity index (χ2n) is 4.89. The Hall–Kier alpha value is -1.39. The predicted octanol–water partition coefficient (Wildman–Crippen LogP) is 3.02. The van der Waals surface area contributed by atoms with Gasteiger partial charge < -0.3 is 4.74 Å². The maximum absolute atomic E-state index is 6.17. The molecule has 2 heterocycles. The number of hydrogen-bond donors (Lipinski definition) is 0. The van der Waals surface area contributed by atoms with Crippen molar-refractivity contribution in [2.24, 2.45) is 5.92 Å². The van der Waals surface area contributed by atoms with Crippen LogP contribution >= 0.6 is 11.6 Å². The van der Waals surface area contributed by atoms with Gasteiger partial charge in [0.25, 0.3) is 0 Å². The molecular weight excluding hydrogens is 262 g/mol.